The second-order valence-corrected chi connectivity index (χ2v) is 7.08. The summed E-state index contributed by atoms with van der Waals surface area (Å²) in [6.07, 6.45) is 1.76. The van der Waals surface area contributed by atoms with E-state index in [1.54, 1.807) is 13.1 Å². The summed E-state index contributed by atoms with van der Waals surface area (Å²) >= 11 is 0. The van der Waals surface area contributed by atoms with E-state index in [0.717, 1.165) is 23.6 Å². The zero-order valence-corrected chi connectivity index (χ0v) is 16.9. The molecule has 1 heterocycles. The molecule has 7 nitrogen and oxygen atoms in total. The van der Waals surface area contributed by atoms with Gasteiger partial charge in [0.2, 0.25) is 5.88 Å². The molecule has 0 aliphatic rings. The van der Waals surface area contributed by atoms with Crippen molar-refractivity contribution < 1.29 is 19.4 Å². The molecule has 150 valence electrons. The van der Waals surface area contributed by atoms with E-state index >= 15 is 0 Å². The minimum absolute atomic E-state index is 0.0493. The molecule has 28 heavy (non-hydrogen) atoms. The molecule has 0 saturated heterocycles. The van der Waals surface area contributed by atoms with Crippen LogP contribution in [0, 0.1) is 17.7 Å². The molecule has 2 aromatic rings. The highest BCUT2D eigenvalue weighted by molar-refractivity contribution is 5.95. The summed E-state index contributed by atoms with van der Waals surface area (Å²) in [7, 11) is 0. The zero-order chi connectivity index (χ0) is 21.5. The van der Waals surface area contributed by atoms with Crippen molar-refractivity contribution >= 4 is 17.6 Å². The molecule has 0 saturated carbocycles. The van der Waals surface area contributed by atoms with Gasteiger partial charge in [-0.25, -0.2) is 4.98 Å². The summed E-state index contributed by atoms with van der Waals surface area (Å²) in [5.41, 5.74) is 8.65. The molecule has 1 aromatic heterocycles. The van der Waals surface area contributed by atoms with Gasteiger partial charge in [0.1, 0.15) is 18.2 Å². The number of pyridine rings is 1. The smallest absolute Gasteiger partial charge is 0.300 e. The number of Topliss-reactive ketones (excluding diaryl/α,β-unsaturated/α-hetero) is 1. The Morgan fingerprint density at radius 2 is 1.75 bits per heavy atom. The van der Waals surface area contributed by atoms with Crippen molar-refractivity contribution in [2.45, 2.75) is 34.6 Å². The van der Waals surface area contributed by atoms with Gasteiger partial charge in [-0.1, -0.05) is 24.3 Å². The van der Waals surface area contributed by atoms with E-state index in [1.807, 2.05) is 51.1 Å². The molecule has 0 aliphatic heterocycles. The van der Waals surface area contributed by atoms with Crippen molar-refractivity contribution in [3.63, 3.8) is 0 Å². The van der Waals surface area contributed by atoms with Crippen LogP contribution >= 0.6 is 0 Å². The van der Waals surface area contributed by atoms with E-state index in [2.05, 4.69) is 4.98 Å². The predicted molar refractivity (Wildman–Crippen MR) is 109 cm³/mol. The van der Waals surface area contributed by atoms with Crippen LogP contribution in [0.2, 0.25) is 0 Å². The molecule has 0 radical (unpaired) electrons. The lowest BCUT2D eigenvalue weighted by Gasteiger charge is -2.21. The van der Waals surface area contributed by atoms with Crippen molar-refractivity contribution in [3.05, 3.63) is 47.7 Å². The molecule has 2 rings (SSSR count). The molecule has 1 aromatic carbocycles. The Bertz CT molecular complexity index is 854. The lowest BCUT2D eigenvalue weighted by molar-refractivity contribution is -0.134. The molecular weight excluding hydrogens is 358 g/mol. The fraction of sp³-hybridized carbons (Fsp3) is 0.333. The number of benzene rings is 1. The number of rotatable bonds is 6. The van der Waals surface area contributed by atoms with Crippen LogP contribution in [-0.4, -0.2) is 34.3 Å². The summed E-state index contributed by atoms with van der Waals surface area (Å²) < 4.78 is 5.68. The Labute approximate surface area is 165 Å². The number of aliphatic carboxylic acids is 1. The van der Waals surface area contributed by atoms with E-state index in [9.17, 15) is 4.79 Å². The van der Waals surface area contributed by atoms with Crippen molar-refractivity contribution in [1.29, 1.82) is 5.41 Å². The second kappa shape index (κ2) is 9.64. The number of carboxylic acid groups (broad SMARTS) is 1. The van der Waals surface area contributed by atoms with Gasteiger partial charge in [0.05, 0.1) is 5.41 Å². The number of nitrogens with zero attached hydrogens (tertiary/aromatic N) is 1. The molecule has 0 amide bonds. The first-order chi connectivity index (χ1) is 12.9. The maximum Gasteiger partial charge on any atom is 0.300 e. The molecule has 0 atom stereocenters. The summed E-state index contributed by atoms with van der Waals surface area (Å²) in [6.45, 7) is 8.64. The number of hydrogen-bond donors (Lipinski definition) is 3. The molecule has 0 spiro atoms. The zero-order valence-electron chi connectivity index (χ0n) is 16.9. The number of aromatic nitrogens is 1. The minimum Gasteiger partial charge on any atom is -0.481 e. The Balaban J connectivity index is 0.000000892. The lowest BCUT2D eigenvalue weighted by atomic mass is 9.90. The van der Waals surface area contributed by atoms with Crippen LogP contribution in [0.15, 0.2) is 36.5 Å². The number of hydrogen-bond acceptors (Lipinski definition) is 5. The summed E-state index contributed by atoms with van der Waals surface area (Å²) in [6, 6.07) is 9.33. The highest BCUT2D eigenvalue weighted by Crippen LogP contribution is 2.26. The number of carbonyl (C=O) groups excluding carboxylic acids is 1. The van der Waals surface area contributed by atoms with Crippen molar-refractivity contribution in [3.8, 4) is 17.0 Å². The number of ketones is 1. The van der Waals surface area contributed by atoms with Crippen LogP contribution in [-0.2, 0) is 9.59 Å². The topological polar surface area (TPSA) is 126 Å². The van der Waals surface area contributed by atoms with Crippen LogP contribution in [0.4, 0.5) is 0 Å². The third kappa shape index (κ3) is 6.83. The molecule has 4 N–H and O–H groups in total. The molecule has 7 heteroatoms. The highest BCUT2D eigenvalue weighted by atomic mass is 16.5. The normalized spacial score (nSPS) is 10.5. The standard InChI is InChI=1S/C19H23N3O2.C2H4O2/c1-12-9-17(24-11-19(3,4)13(2)23)22-10-16(12)14-5-7-15(8-6-14)18(20)21;1-2(3)4/h5-10H,11H2,1-4H3,(H3,20,21);1H3,(H,3,4). The van der Waals surface area contributed by atoms with Crippen LogP contribution in [0.1, 0.15) is 38.8 Å². The number of amidine groups is 1. The van der Waals surface area contributed by atoms with E-state index in [4.69, 9.17) is 25.8 Å². The van der Waals surface area contributed by atoms with Gasteiger partial charge in [-0.05, 0) is 38.8 Å². The molecule has 0 aliphatic carbocycles. The average Bonchev–Trinajstić information content (AvgIpc) is 2.59. The number of nitrogens with two attached hydrogens (primary N) is 1. The second-order valence-electron chi connectivity index (χ2n) is 7.08. The number of ether oxygens (including phenoxy) is 1. The number of carbonyl (C=O) groups is 2. The largest absolute Gasteiger partial charge is 0.481 e. The minimum atomic E-state index is -0.833. The van der Waals surface area contributed by atoms with Crippen LogP contribution in [0.5, 0.6) is 5.88 Å². The van der Waals surface area contributed by atoms with E-state index in [-0.39, 0.29) is 11.6 Å². The first-order valence-corrected chi connectivity index (χ1v) is 8.69. The number of nitrogen functional groups attached to an aromatic ring is 1. The predicted octanol–water partition coefficient (Wildman–Crippen LogP) is 3.43. The maximum absolute atomic E-state index is 11.5. The van der Waals surface area contributed by atoms with Crippen LogP contribution in [0.25, 0.3) is 11.1 Å². The van der Waals surface area contributed by atoms with Crippen LogP contribution in [0.3, 0.4) is 0 Å². The van der Waals surface area contributed by atoms with Crippen LogP contribution < -0.4 is 10.5 Å². The Kier molecular flexibility index (Phi) is 7.86. The van der Waals surface area contributed by atoms with Gasteiger partial charge < -0.3 is 15.6 Å². The first-order valence-electron chi connectivity index (χ1n) is 8.69. The number of nitrogens with one attached hydrogen (secondary N) is 1. The third-order valence-electron chi connectivity index (χ3n) is 4.13. The lowest BCUT2D eigenvalue weighted by Crippen LogP contribution is -2.29. The van der Waals surface area contributed by atoms with Gasteiger partial charge in [0, 0.05) is 30.3 Å². The monoisotopic (exact) mass is 385 g/mol. The molecule has 0 bridgehead atoms. The van der Waals surface area contributed by atoms with E-state index in [0.29, 0.717) is 18.1 Å². The average molecular weight is 385 g/mol. The highest BCUT2D eigenvalue weighted by Gasteiger charge is 2.24. The van der Waals surface area contributed by atoms with Gasteiger partial charge in [0.25, 0.3) is 5.97 Å². The number of carboxylic acids is 1. The third-order valence-corrected chi connectivity index (χ3v) is 4.13. The molecule has 0 fully saturated rings. The van der Waals surface area contributed by atoms with E-state index < -0.39 is 11.4 Å². The van der Waals surface area contributed by atoms with Crippen molar-refractivity contribution in [2.75, 3.05) is 6.61 Å². The first kappa shape index (κ1) is 22.8. The molecular formula is C21H27N3O4. The molecule has 0 unspecified atom stereocenters. The maximum atomic E-state index is 11.5. The van der Waals surface area contributed by atoms with E-state index in [1.165, 1.54) is 0 Å². The number of aryl methyl sites for hydroxylation is 1. The van der Waals surface area contributed by atoms with Gasteiger partial charge in [0.15, 0.2) is 0 Å². The summed E-state index contributed by atoms with van der Waals surface area (Å²) in [4.78, 5) is 24.9. The SMILES string of the molecule is CC(=O)C(C)(C)COc1cc(C)c(-c2ccc(C(=N)N)cc2)cn1.CC(=O)O. The fourth-order valence-corrected chi connectivity index (χ4v) is 2.10. The Morgan fingerprint density at radius 3 is 2.18 bits per heavy atom. The summed E-state index contributed by atoms with van der Waals surface area (Å²) in [5, 5.41) is 14.8. The Morgan fingerprint density at radius 1 is 1.21 bits per heavy atom. The Hall–Kier alpha value is -3.22. The van der Waals surface area contributed by atoms with Gasteiger partial charge >= 0.3 is 0 Å². The quantitative estimate of drug-likeness (QED) is 0.516. The van der Waals surface area contributed by atoms with Crippen molar-refractivity contribution in [2.24, 2.45) is 11.1 Å². The fourth-order valence-electron chi connectivity index (χ4n) is 2.10. The van der Waals surface area contributed by atoms with Gasteiger partial charge in [-0.3, -0.25) is 15.0 Å². The van der Waals surface area contributed by atoms with Crippen molar-refractivity contribution in [1.82, 2.24) is 4.98 Å². The van der Waals surface area contributed by atoms with Gasteiger partial charge in [-0.2, -0.15) is 0 Å². The summed E-state index contributed by atoms with van der Waals surface area (Å²) in [5.74, 6) is -0.194. The van der Waals surface area contributed by atoms with Gasteiger partial charge in [-0.15, -0.1) is 0 Å².